The number of benzene rings is 4. The van der Waals surface area contributed by atoms with Gasteiger partial charge in [-0.1, -0.05) is 68.4 Å². The van der Waals surface area contributed by atoms with Gasteiger partial charge in [0.25, 0.3) is 0 Å². The Kier molecular flexibility index (Phi) is 3.37. The molecule has 1 aliphatic rings. The molecule has 0 fully saturated rings. The van der Waals surface area contributed by atoms with E-state index in [1.807, 2.05) is 0 Å². The fraction of sp³-hybridized carbons (Fsp3) is 0.111. The predicted octanol–water partition coefficient (Wildman–Crippen LogP) is 7.38. The first-order chi connectivity index (χ1) is 14.1. The predicted molar refractivity (Wildman–Crippen MR) is 126 cm³/mol. The summed E-state index contributed by atoms with van der Waals surface area (Å²) in [5.41, 5.74) is 9.22. The number of rotatable bonds is 1. The quantitative estimate of drug-likeness (QED) is 0.284. The fourth-order valence-corrected chi connectivity index (χ4v) is 5.33. The lowest BCUT2D eigenvalue weighted by molar-refractivity contribution is 0.664. The third-order valence-electron chi connectivity index (χ3n) is 6.46. The third kappa shape index (κ3) is 2.18. The molecule has 1 nitrogen and oxygen atoms in total. The van der Waals surface area contributed by atoms with Crippen LogP contribution in [0.15, 0.2) is 89.8 Å². The molecular weight excluding hydrogens is 370 g/mol. The Morgan fingerprint density at radius 2 is 1.41 bits per heavy atom. The van der Waals surface area contributed by atoms with Crippen LogP contribution in [-0.4, -0.2) is 4.57 Å². The summed E-state index contributed by atoms with van der Waals surface area (Å²) in [4.78, 5) is 0.979. The van der Waals surface area contributed by atoms with Crippen molar-refractivity contribution in [1.29, 1.82) is 0 Å². The first kappa shape index (κ1) is 16.9. The van der Waals surface area contributed by atoms with Gasteiger partial charge in [0.05, 0.1) is 11.0 Å². The second-order valence-electron chi connectivity index (χ2n) is 8.42. The smallest absolute Gasteiger partial charge is 0.0588 e. The van der Waals surface area contributed by atoms with Gasteiger partial charge in [0.1, 0.15) is 0 Å². The molecule has 1 aromatic heterocycles. The molecule has 0 saturated heterocycles. The van der Waals surface area contributed by atoms with E-state index in [4.69, 9.17) is 0 Å². The minimum absolute atomic E-state index is 0.0545. The number of fused-ring (bicyclic) bond motifs is 7. The van der Waals surface area contributed by atoms with Crippen molar-refractivity contribution < 1.29 is 0 Å². The summed E-state index contributed by atoms with van der Waals surface area (Å²) in [5.74, 6) is 0. The van der Waals surface area contributed by atoms with E-state index in [0.29, 0.717) is 0 Å². The highest BCUT2D eigenvalue weighted by atomic mass is 32.1. The van der Waals surface area contributed by atoms with Gasteiger partial charge in [-0.05, 0) is 52.6 Å². The van der Waals surface area contributed by atoms with Crippen LogP contribution in [0.3, 0.4) is 0 Å². The highest BCUT2D eigenvalue weighted by Crippen LogP contribution is 2.52. The van der Waals surface area contributed by atoms with Crippen molar-refractivity contribution in [2.45, 2.75) is 24.2 Å². The van der Waals surface area contributed by atoms with Crippen molar-refractivity contribution in [3.63, 3.8) is 0 Å². The average Bonchev–Trinajstić information content (AvgIpc) is 3.19. The van der Waals surface area contributed by atoms with Crippen LogP contribution in [0.2, 0.25) is 0 Å². The van der Waals surface area contributed by atoms with Crippen LogP contribution in [0.25, 0.3) is 38.6 Å². The van der Waals surface area contributed by atoms with E-state index in [9.17, 15) is 0 Å². The summed E-state index contributed by atoms with van der Waals surface area (Å²) < 4.78 is 2.43. The van der Waals surface area contributed by atoms with Crippen molar-refractivity contribution >= 4 is 34.4 Å². The number of aromatic nitrogens is 1. The molecule has 0 aliphatic heterocycles. The first-order valence-electron chi connectivity index (χ1n) is 10.0. The summed E-state index contributed by atoms with van der Waals surface area (Å²) in [5, 5.41) is 2.61. The lowest BCUT2D eigenvalue weighted by atomic mass is 9.81. The molecule has 0 N–H and O–H groups in total. The largest absolute Gasteiger partial charge is 0.309 e. The Hall–Kier alpha value is -2.97. The monoisotopic (exact) mass is 391 g/mol. The van der Waals surface area contributed by atoms with Crippen LogP contribution in [0.1, 0.15) is 25.0 Å². The van der Waals surface area contributed by atoms with Crippen molar-refractivity contribution in [2.24, 2.45) is 0 Å². The zero-order valence-electron chi connectivity index (χ0n) is 16.5. The Balaban J connectivity index is 1.84. The summed E-state index contributed by atoms with van der Waals surface area (Å²) in [7, 11) is 0. The van der Waals surface area contributed by atoms with Gasteiger partial charge in [-0.15, -0.1) is 12.6 Å². The number of thiol groups is 1. The highest BCUT2D eigenvalue weighted by Gasteiger charge is 2.38. The van der Waals surface area contributed by atoms with E-state index in [0.717, 1.165) is 4.90 Å². The molecule has 140 valence electrons. The molecule has 0 radical (unpaired) electrons. The molecule has 1 heterocycles. The molecule has 4 aromatic carbocycles. The van der Waals surface area contributed by atoms with Gasteiger partial charge in [0, 0.05) is 26.8 Å². The van der Waals surface area contributed by atoms with Crippen molar-refractivity contribution in [3.8, 4) is 16.8 Å². The molecule has 29 heavy (non-hydrogen) atoms. The number of hydrogen-bond acceptors (Lipinski definition) is 1. The molecule has 1 aliphatic carbocycles. The number of nitrogens with zero attached hydrogens (tertiary/aromatic N) is 1. The normalized spacial score (nSPS) is 14.3. The maximum atomic E-state index is 4.49. The SMILES string of the molecule is CC1(C)c2ccccc2-c2ccc3c4ccccc4n(-c4ccc(S)cc4)c3c21. The van der Waals surface area contributed by atoms with Crippen molar-refractivity contribution in [1.82, 2.24) is 4.57 Å². The number of para-hydroxylation sites is 1. The topological polar surface area (TPSA) is 4.93 Å². The zero-order valence-corrected chi connectivity index (χ0v) is 17.4. The first-order valence-corrected chi connectivity index (χ1v) is 10.5. The van der Waals surface area contributed by atoms with E-state index in [-0.39, 0.29) is 5.41 Å². The third-order valence-corrected chi connectivity index (χ3v) is 6.76. The minimum Gasteiger partial charge on any atom is -0.309 e. The summed E-state index contributed by atoms with van der Waals surface area (Å²) >= 11 is 4.49. The maximum absolute atomic E-state index is 4.49. The lowest BCUT2D eigenvalue weighted by Gasteiger charge is -2.23. The van der Waals surface area contributed by atoms with Gasteiger partial charge in [0.2, 0.25) is 0 Å². The Labute approximate surface area is 176 Å². The standard InChI is InChI=1S/C27H21NS/c1-27(2)23-9-5-3-7-19(23)21-15-16-22-20-8-4-6-10-24(20)28(26(22)25(21)27)17-11-13-18(29)14-12-17/h3-16,29H,1-2H3. The number of hydrogen-bond donors (Lipinski definition) is 1. The summed E-state index contributed by atoms with van der Waals surface area (Å²) in [6.45, 7) is 4.71. The Morgan fingerprint density at radius 1 is 0.690 bits per heavy atom. The van der Waals surface area contributed by atoms with Crippen LogP contribution in [-0.2, 0) is 5.41 Å². The van der Waals surface area contributed by atoms with Crippen LogP contribution in [0.5, 0.6) is 0 Å². The van der Waals surface area contributed by atoms with E-state index in [1.165, 1.54) is 49.7 Å². The van der Waals surface area contributed by atoms with Crippen LogP contribution in [0, 0.1) is 0 Å². The van der Waals surface area contributed by atoms with Crippen LogP contribution in [0.4, 0.5) is 0 Å². The van der Waals surface area contributed by atoms with E-state index < -0.39 is 0 Å². The molecule has 0 spiro atoms. The zero-order chi connectivity index (χ0) is 19.8. The second kappa shape index (κ2) is 5.77. The molecule has 6 rings (SSSR count). The molecule has 0 bridgehead atoms. The van der Waals surface area contributed by atoms with Gasteiger partial charge < -0.3 is 4.57 Å². The molecule has 0 saturated carbocycles. The van der Waals surface area contributed by atoms with Gasteiger partial charge in [-0.25, -0.2) is 0 Å². The minimum atomic E-state index is -0.0545. The highest BCUT2D eigenvalue weighted by molar-refractivity contribution is 7.80. The van der Waals surface area contributed by atoms with Gasteiger partial charge in [0.15, 0.2) is 0 Å². The van der Waals surface area contributed by atoms with Gasteiger partial charge in [-0.2, -0.15) is 0 Å². The summed E-state index contributed by atoms with van der Waals surface area (Å²) in [6.07, 6.45) is 0. The van der Waals surface area contributed by atoms with Crippen molar-refractivity contribution in [2.75, 3.05) is 0 Å². The fourth-order valence-electron chi connectivity index (χ4n) is 5.18. The molecule has 0 amide bonds. The average molecular weight is 392 g/mol. The Bertz CT molecular complexity index is 1420. The van der Waals surface area contributed by atoms with Crippen molar-refractivity contribution in [3.05, 3.63) is 96.1 Å². The molecule has 5 aromatic rings. The molecular formula is C27H21NS. The maximum Gasteiger partial charge on any atom is 0.0588 e. The van der Waals surface area contributed by atoms with Crippen LogP contribution < -0.4 is 0 Å². The van der Waals surface area contributed by atoms with E-state index in [1.54, 1.807) is 0 Å². The lowest BCUT2D eigenvalue weighted by Crippen LogP contribution is -2.16. The molecule has 0 unspecified atom stereocenters. The van der Waals surface area contributed by atoms with E-state index >= 15 is 0 Å². The Morgan fingerprint density at radius 3 is 2.24 bits per heavy atom. The van der Waals surface area contributed by atoms with Crippen LogP contribution >= 0.6 is 12.6 Å². The van der Waals surface area contributed by atoms with E-state index in [2.05, 4.69) is 116 Å². The second-order valence-corrected chi connectivity index (χ2v) is 8.94. The summed E-state index contributed by atoms with van der Waals surface area (Å²) in [6, 6.07) is 30.7. The van der Waals surface area contributed by atoms with Gasteiger partial charge in [-0.3, -0.25) is 0 Å². The molecule has 2 heteroatoms. The molecule has 0 atom stereocenters. The van der Waals surface area contributed by atoms with Gasteiger partial charge >= 0.3 is 0 Å².